The zero-order valence-corrected chi connectivity index (χ0v) is 8.71. The molecule has 2 rings (SSSR count). The van der Waals surface area contributed by atoms with Gasteiger partial charge >= 0.3 is 0 Å². The average molecular weight is 214 g/mol. The van der Waals surface area contributed by atoms with E-state index in [4.69, 9.17) is 15.7 Å². The summed E-state index contributed by atoms with van der Waals surface area (Å²) in [7, 11) is 1.81. The van der Waals surface area contributed by atoms with Crippen molar-refractivity contribution in [3.63, 3.8) is 0 Å². The molecule has 80 valence electrons. The summed E-state index contributed by atoms with van der Waals surface area (Å²) in [5, 5.41) is 12.7. The van der Waals surface area contributed by atoms with Gasteiger partial charge in [0.2, 0.25) is 0 Å². The maximum atomic E-state index is 8.72. The Kier molecular flexibility index (Phi) is 2.48. The number of aryl methyl sites for hydroxylation is 1. The summed E-state index contributed by atoms with van der Waals surface area (Å²) in [6.45, 7) is 0. The molecule has 5 heteroatoms. The van der Waals surface area contributed by atoms with Crippen LogP contribution in [0.4, 0.5) is 5.69 Å². The van der Waals surface area contributed by atoms with Crippen LogP contribution in [0.5, 0.6) is 11.5 Å². The van der Waals surface area contributed by atoms with Gasteiger partial charge in [0.1, 0.15) is 11.8 Å². The van der Waals surface area contributed by atoms with Crippen LogP contribution in [0.3, 0.4) is 0 Å². The third kappa shape index (κ3) is 1.96. The number of aromatic nitrogens is 2. The summed E-state index contributed by atoms with van der Waals surface area (Å²) in [5.41, 5.74) is 6.52. The Hall–Kier alpha value is -2.48. The summed E-state index contributed by atoms with van der Waals surface area (Å²) in [6, 6.07) is 6.93. The first kappa shape index (κ1) is 10.1. The van der Waals surface area contributed by atoms with Crippen LogP contribution in [0.1, 0.15) is 5.56 Å². The van der Waals surface area contributed by atoms with Crippen LogP contribution >= 0.6 is 0 Å². The molecule has 1 aromatic carbocycles. The van der Waals surface area contributed by atoms with Crippen molar-refractivity contribution >= 4 is 5.69 Å². The number of nitriles is 1. The summed E-state index contributed by atoms with van der Waals surface area (Å²) < 4.78 is 7.15. The largest absolute Gasteiger partial charge is 0.454 e. The highest BCUT2D eigenvalue weighted by molar-refractivity contribution is 5.57. The van der Waals surface area contributed by atoms with E-state index in [-0.39, 0.29) is 0 Å². The third-order valence-electron chi connectivity index (χ3n) is 2.06. The summed E-state index contributed by atoms with van der Waals surface area (Å²) in [5.74, 6) is 1.22. The monoisotopic (exact) mass is 214 g/mol. The standard InChI is InChI=1S/C11H10N4O/c1-15-7-10(6-14-15)16-9-3-2-8(5-12)11(13)4-9/h2-4,6-7H,13H2,1H3. The lowest BCUT2D eigenvalue weighted by atomic mass is 10.2. The number of hydrogen-bond acceptors (Lipinski definition) is 4. The van der Waals surface area contributed by atoms with Crippen molar-refractivity contribution in [1.29, 1.82) is 5.26 Å². The molecule has 2 aromatic rings. The SMILES string of the molecule is Cn1cc(Oc2ccc(C#N)c(N)c2)cn1. The van der Waals surface area contributed by atoms with Crippen molar-refractivity contribution in [2.45, 2.75) is 0 Å². The van der Waals surface area contributed by atoms with E-state index in [1.165, 1.54) is 0 Å². The Morgan fingerprint density at radius 1 is 1.44 bits per heavy atom. The number of nitrogen functional groups attached to an aromatic ring is 1. The summed E-state index contributed by atoms with van der Waals surface area (Å²) >= 11 is 0. The molecule has 0 aliphatic heterocycles. The van der Waals surface area contributed by atoms with Gasteiger partial charge in [-0.2, -0.15) is 10.4 Å². The van der Waals surface area contributed by atoms with E-state index in [0.29, 0.717) is 22.7 Å². The lowest BCUT2D eigenvalue weighted by molar-refractivity contribution is 0.482. The molecule has 16 heavy (non-hydrogen) atoms. The second-order valence-corrected chi connectivity index (χ2v) is 3.31. The predicted octanol–water partition coefficient (Wildman–Crippen LogP) is 1.67. The zero-order valence-electron chi connectivity index (χ0n) is 8.71. The number of hydrogen-bond donors (Lipinski definition) is 1. The number of nitrogens with zero attached hydrogens (tertiary/aromatic N) is 3. The molecule has 0 bridgehead atoms. The van der Waals surface area contributed by atoms with Crippen LogP contribution in [0.25, 0.3) is 0 Å². The highest BCUT2D eigenvalue weighted by Crippen LogP contribution is 2.24. The molecule has 1 heterocycles. The van der Waals surface area contributed by atoms with Gasteiger partial charge in [0.05, 0.1) is 23.6 Å². The highest BCUT2D eigenvalue weighted by Gasteiger charge is 2.03. The van der Waals surface area contributed by atoms with Crippen LogP contribution in [-0.4, -0.2) is 9.78 Å². The maximum Gasteiger partial charge on any atom is 0.165 e. The average Bonchev–Trinajstić information content (AvgIpc) is 2.64. The Balaban J connectivity index is 2.23. The van der Waals surface area contributed by atoms with Crippen molar-refractivity contribution in [2.24, 2.45) is 7.05 Å². The molecule has 0 amide bonds. The van der Waals surface area contributed by atoms with E-state index in [1.54, 1.807) is 42.3 Å². The van der Waals surface area contributed by atoms with E-state index in [0.717, 1.165) is 0 Å². The molecule has 0 unspecified atom stereocenters. The Morgan fingerprint density at radius 2 is 2.25 bits per heavy atom. The molecule has 0 atom stereocenters. The first-order valence-electron chi connectivity index (χ1n) is 4.65. The van der Waals surface area contributed by atoms with Crippen molar-refractivity contribution in [1.82, 2.24) is 9.78 Å². The molecule has 0 aliphatic rings. The van der Waals surface area contributed by atoms with Gasteiger partial charge in [0, 0.05) is 13.1 Å². The summed E-state index contributed by atoms with van der Waals surface area (Å²) in [6.07, 6.45) is 3.35. The van der Waals surface area contributed by atoms with E-state index >= 15 is 0 Å². The van der Waals surface area contributed by atoms with Gasteiger partial charge in [-0.15, -0.1) is 0 Å². The van der Waals surface area contributed by atoms with Gasteiger partial charge in [0.25, 0.3) is 0 Å². The molecule has 0 fully saturated rings. The molecule has 0 aliphatic carbocycles. The minimum atomic E-state index is 0.406. The van der Waals surface area contributed by atoms with Gasteiger partial charge in [-0.3, -0.25) is 4.68 Å². The number of ether oxygens (including phenoxy) is 1. The molecule has 2 N–H and O–H groups in total. The normalized spacial score (nSPS) is 9.75. The Labute approximate surface area is 92.7 Å². The first-order chi connectivity index (χ1) is 7.69. The van der Waals surface area contributed by atoms with Crippen LogP contribution in [-0.2, 0) is 7.05 Å². The van der Waals surface area contributed by atoms with Crippen molar-refractivity contribution in [3.05, 3.63) is 36.2 Å². The second-order valence-electron chi connectivity index (χ2n) is 3.31. The maximum absolute atomic E-state index is 8.72. The fraction of sp³-hybridized carbons (Fsp3) is 0.0909. The van der Waals surface area contributed by atoms with Gasteiger partial charge < -0.3 is 10.5 Å². The molecule has 0 radical (unpaired) electrons. The molecule has 1 aromatic heterocycles. The van der Waals surface area contributed by atoms with Crippen LogP contribution < -0.4 is 10.5 Å². The zero-order chi connectivity index (χ0) is 11.5. The molecular formula is C11H10N4O. The van der Waals surface area contributed by atoms with Gasteiger partial charge in [-0.05, 0) is 12.1 Å². The smallest absolute Gasteiger partial charge is 0.165 e. The van der Waals surface area contributed by atoms with E-state index < -0.39 is 0 Å². The van der Waals surface area contributed by atoms with Crippen molar-refractivity contribution < 1.29 is 4.74 Å². The molecular weight excluding hydrogens is 204 g/mol. The fourth-order valence-corrected chi connectivity index (χ4v) is 1.29. The molecule has 0 saturated heterocycles. The molecule has 5 nitrogen and oxygen atoms in total. The molecule has 0 saturated carbocycles. The number of benzene rings is 1. The fourth-order valence-electron chi connectivity index (χ4n) is 1.29. The van der Waals surface area contributed by atoms with Gasteiger partial charge in [-0.1, -0.05) is 0 Å². The quantitative estimate of drug-likeness (QED) is 0.771. The highest BCUT2D eigenvalue weighted by atomic mass is 16.5. The lowest BCUT2D eigenvalue weighted by Gasteiger charge is -2.04. The minimum Gasteiger partial charge on any atom is -0.454 e. The number of rotatable bonds is 2. The van der Waals surface area contributed by atoms with Crippen LogP contribution in [0, 0.1) is 11.3 Å². The Bertz CT molecular complexity index is 553. The minimum absolute atomic E-state index is 0.406. The van der Waals surface area contributed by atoms with E-state index in [9.17, 15) is 0 Å². The summed E-state index contributed by atoms with van der Waals surface area (Å²) in [4.78, 5) is 0. The topological polar surface area (TPSA) is 76.9 Å². The van der Waals surface area contributed by atoms with Crippen LogP contribution in [0.2, 0.25) is 0 Å². The van der Waals surface area contributed by atoms with Crippen molar-refractivity contribution in [2.75, 3.05) is 5.73 Å². The third-order valence-corrected chi connectivity index (χ3v) is 2.06. The number of nitrogens with two attached hydrogens (primary N) is 1. The Morgan fingerprint density at radius 3 is 2.81 bits per heavy atom. The van der Waals surface area contributed by atoms with E-state index in [2.05, 4.69) is 5.10 Å². The van der Waals surface area contributed by atoms with Crippen LogP contribution in [0.15, 0.2) is 30.6 Å². The molecule has 0 spiro atoms. The van der Waals surface area contributed by atoms with E-state index in [1.807, 2.05) is 6.07 Å². The van der Waals surface area contributed by atoms with Gasteiger partial charge in [-0.25, -0.2) is 0 Å². The van der Waals surface area contributed by atoms with Crippen molar-refractivity contribution in [3.8, 4) is 17.6 Å². The lowest BCUT2D eigenvalue weighted by Crippen LogP contribution is -1.91. The number of anilines is 1. The predicted molar refractivity (Wildman–Crippen MR) is 58.9 cm³/mol. The second kappa shape index (κ2) is 3.95. The van der Waals surface area contributed by atoms with Gasteiger partial charge in [0.15, 0.2) is 5.75 Å². The first-order valence-corrected chi connectivity index (χ1v) is 4.65.